The van der Waals surface area contributed by atoms with E-state index in [2.05, 4.69) is 0 Å². The Morgan fingerprint density at radius 2 is 1.89 bits per heavy atom. The summed E-state index contributed by atoms with van der Waals surface area (Å²) in [6.07, 6.45) is 1.84. The van der Waals surface area contributed by atoms with Gasteiger partial charge in [-0.3, -0.25) is 0 Å². The lowest BCUT2D eigenvalue weighted by Crippen LogP contribution is -2.37. The lowest BCUT2D eigenvalue weighted by Gasteiger charge is -2.29. The summed E-state index contributed by atoms with van der Waals surface area (Å²) in [6, 6.07) is 9.41. The molecule has 2 rings (SSSR count). The van der Waals surface area contributed by atoms with E-state index in [1.165, 1.54) is 18.4 Å². The van der Waals surface area contributed by atoms with Crippen LogP contribution in [-0.4, -0.2) is 23.4 Å². The Labute approximate surface area is 104 Å². The molecule has 0 saturated carbocycles. The summed E-state index contributed by atoms with van der Waals surface area (Å²) in [6.45, 7) is -0.568. The van der Waals surface area contributed by atoms with Crippen LogP contribution < -0.4 is 0 Å². The number of furan rings is 1. The fraction of sp³-hybridized carbons (Fsp3) is 0.286. The molecule has 96 valence electrons. The molecular weight excluding hydrogens is 235 g/mol. The van der Waals surface area contributed by atoms with Crippen LogP contribution in [0.3, 0.4) is 0 Å². The smallest absolute Gasteiger partial charge is 0.123 e. The minimum Gasteiger partial charge on any atom is -0.469 e. The molecule has 3 nitrogen and oxygen atoms in total. The molecule has 2 aromatic rings. The highest BCUT2D eigenvalue weighted by atomic mass is 19.1. The van der Waals surface area contributed by atoms with Crippen LogP contribution in [-0.2, 0) is 11.8 Å². The lowest BCUT2D eigenvalue weighted by molar-refractivity contribution is 0.111. The summed E-state index contributed by atoms with van der Waals surface area (Å²) in [5, 5.41) is 19.2. The lowest BCUT2D eigenvalue weighted by atomic mass is 9.78. The van der Waals surface area contributed by atoms with Crippen LogP contribution in [0.1, 0.15) is 11.3 Å². The van der Waals surface area contributed by atoms with E-state index in [0.717, 1.165) is 0 Å². The van der Waals surface area contributed by atoms with Gasteiger partial charge in [-0.1, -0.05) is 12.1 Å². The van der Waals surface area contributed by atoms with Crippen molar-refractivity contribution in [3.63, 3.8) is 0 Å². The fourth-order valence-electron chi connectivity index (χ4n) is 2.01. The highest BCUT2D eigenvalue weighted by Gasteiger charge is 2.32. The zero-order valence-electron chi connectivity index (χ0n) is 9.84. The molecule has 0 unspecified atom stereocenters. The number of hydrogen-bond acceptors (Lipinski definition) is 3. The second-order valence-corrected chi connectivity index (χ2v) is 4.36. The number of aliphatic hydroxyl groups excluding tert-OH is 2. The first-order valence-corrected chi connectivity index (χ1v) is 5.70. The fourth-order valence-corrected chi connectivity index (χ4v) is 2.01. The first-order valence-electron chi connectivity index (χ1n) is 5.70. The first-order chi connectivity index (χ1) is 8.70. The van der Waals surface area contributed by atoms with Gasteiger partial charge in [0.15, 0.2) is 0 Å². The molecule has 2 N–H and O–H groups in total. The minimum atomic E-state index is -0.931. The van der Waals surface area contributed by atoms with Gasteiger partial charge in [0.2, 0.25) is 0 Å². The van der Waals surface area contributed by atoms with Crippen molar-refractivity contribution in [3.05, 3.63) is 59.8 Å². The van der Waals surface area contributed by atoms with Gasteiger partial charge in [-0.05, 0) is 29.8 Å². The Bertz CT molecular complexity index is 490. The second kappa shape index (κ2) is 5.33. The van der Waals surface area contributed by atoms with Crippen molar-refractivity contribution >= 4 is 0 Å². The highest BCUT2D eigenvalue weighted by Crippen LogP contribution is 2.28. The molecule has 1 aromatic carbocycles. The normalized spacial score (nSPS) is 11.7. The Hall–Kier alpha value is -1.65. The monoisotopic (exact) mass is 250 g/mol. The molecule has 0 aliphatic carbocycles. The van der Waals surface area contributed by atoms with Crippen LogP contribution in [0.2, 0.25) is 0 Å². The number of halogens is 1. The predicted molar refractivity (Wildman–Crippen MR) is 64.7 cm³/mol. The van der Waals surface area contributed by atoms with E-state index in [4.69, 9.17) is 4.42 Å². The highest BCUT2D eigenvalue weighted by molar-refractivity contribution is 5.28. The van der Waals surface area contributed by atoms with Crippen LogP contribution in [0.4, 0.5) is 4.39 Å². The van der Waals surface area contributed by atoms with Crippen LogP contribution in [0.25, 0.3) is 0 Å². The van der Waals surface area contributed by atoms with E-state index in [0.29, 0.717) is 17.7 Å². The van der Waals surface area contributed by atoms with Gasteiger partial charge < -0.3 is 14.6 Å². The summed E-state index contributed by atoms with van der Waals surface area (Å²) in [5.74, 6) is 0.251. The van der Waals surface area contributed by atoms with E-state index in [9.17, 15) is 14.6 Å². The molecule has 0 atom stereocenters. The summed E-state index contributed by atoms with van der Waals surface area (Å²) in [5.41, 5.74) is -0.371. The van der Waals surface area contributed by atoms with Crippen molar-refractivity contribution in [2.24, 2.45) is 0 Å². The number of hydrogen-bond donors (Lipinski definition) is 2. The second-order valence-electron chi connectivity index (χ2n) is 4.36. The van der Waals surface area contributed by atoms with Crippen LogP contribution >= 0.6 is 0 Å². The van der Waals surface area contributed by atoms with Crippen molar-refractivity contribution in [1.29, 1.82) is 0 Å². The number of rotatable bonds is 5. The maximum absolute atomic E-state index is 13.3. The molecule has 0 saturated heterocycles. The average Bonchev–Trinajstić information content (AvgIpc) is 2.89. The van der Waals surface area contributed by atoms with Crippen molar-refractivity contribution in [1.82, 2.24) is 0 Å². The molecule has 0 spiro atoms. The molecule has 0 bridgehead atoms. The van der Waals surface area contributed by atoms with Crippen molar-refractivity contribution in [2.75, 3.05) is 13.2 Å². The van der Waals surface area contributed by atoms with Crippen molar-refractivity contribution in [3.8, 4) is 0 Å². The third-order valence-corrected chi connectivity index (χ3v) is 3.14. The molecular formula is C14H15FO3. The van der Waals surface area contributed by atoms with E-state index < -0.39 is 11.2 Å². The Kier molecular flexibility index (Phi) is 3.79. The third kappa shape index (κ3) is 2.44. The zero-order valence-corrected chi connectivity index (χ0v) is 9.84. The van der Waals surface area contributed by atoms with Gasteiger partial charge in [0.1, 0.15) is 11.6 Å². The molecule has 18 heavy (non-hydrogen) atoms. The molecule has 1 heterocycles. The zero-order chi connectivity index (χ0) is 13.0. The summed E-state index contributed by atoms with van der Waals surface area (Å²) in [4.78, 5) is 0. The van der Waals surface area contributed by atoms with Gasteiger partial charge in [-0.15, -0.1) is 0 Å². The van der Waals surface area contributed by atoms with E-state index in [-0.39, 0.29) is 13.2 Å². The quantitative estimate of drug-likeness (QED) is 0.852. The average molecular weight is 250 g/mol. The summed E-state index contributed by atoms with van der Waals surface area (Å²) >= 11 is 0. The van der Waals surface area contributed by atoms with Crippen LogP contribution in [0.5, 0.6) is 0 Å². The summed E-state index contributed by atoms with van der Waals surface area (Å²) in [7, 11) is 0. The van der Waals surface area contributed by atoms with Gasteiger partial charge in [-0.25, -0.2) is 4.39 Å². The Morgan fingerprint density at radius 1 is 1.11 bits per heavy atom. The summed E-state index contributed by atoms with van der Waals surface area (Å²) < 4.78 is 18.5. The SMILES string of the molecule is OCC(CO)(Cc1ccco1)c1cccc(F)c1. The molecule has 1 aromatic heterocycles. The maximum Gasteiger partial charge on any atom is 0.123 e. The molecule has 0 aliphatic rings. The molecule has 4 heteroatoms. The van der Waals surface area contributed by atoms with Gasteiger partial charge in [0.25, 0.3) is 0 Å². The topological polar surface area (TPSA) is 53.6 Å². The minimum absolute atomic E-state index is 0.284. The van der Waals surface area contributed by atoms with Gasteiger partial charge in [0, 0.05) is 11.8 Å². The van der Waals surface area contributed by atoms with E-state index in [1.807, 2.05) is 0 Å². The van der Waals surface area contributed by atoms with Gasteiger partial charge in [0.05, 0.1) is 19.5 Å². The Balaban J connectivity index is 2.37. The Morgan fingerprint density at radius 3 is 2.44 bits per heavy atom. The maximum atomic E-state index is 13.3. The molecule has 0 fully saturated rings. The number of aliphatic hydroxyl groups is 2. The van der Waals surface area contributed by atoms with E-state index in [1.54, 1.807) is 24.3 Å². The van der Waals surface area contributed by atoms with Crippen molar-refractivity contribution in [2.45, 2.75) is 11.8 Å². The standard InChI is InChI=1S/C14H15FO3/c15-12-4-1-3-11(7-12)14(9-16,10-17)8-13-5-2-6-18-13/h1-7,16-17H,8-10H2. The van der Waals surface area contributed by atoms with Crippen LogP contribution in [0, 0.1) is 5.82 Å². The van der Waals surface area contributed by atoms with Gasteiger partial charge >= 0.3 is 0 Å². The predicted octanol–water partition coefficient (Wildman–Crippen LogP) is 1.88. The van der Waals surface area contributed by atoms with Gasteiger partial charge in [-0.2, -0.15) is 0 Å². The number of benzene rings is 1. The van der Waals surface area contributed by atoms with Crippen LogP contribution in [0.15, 0.2) is 47.1 Å². The molecule has 0 aliphatic heterocycles. The largest absolute Gasteiger partial charge is 0.469 e. The molecule has 0 radical (unpaired) electrons. The van der Waals surface area contributed by atoms with E-state index >= 15 is 0 Å². The van der Waals surface area contributed by atoms with Crippen molar-refractivity contribution < 1.29 is 19.0 Å². The molecule has 0 amide bonds. The third-order valence-electron chi connectivity index (χ3n) is 3.14. The first kappa shape index (κ1) is 12.8.